The molecule has 0 aliphatic heterocycles. The molecule has 0 amide bonds. The summed E-state index contributed by atoms with van der Waals surface area (Å²) in [7, 11) is 0. The fraction of sp³-hybridized carbons (Fsp3) is 0.167. The van der Waals surface area contributed by atoms with Crippen LogP contribution in [0, 0.1) is 0 Å². The normalized spacial score (nSPS) is 10.4. The van der Waals surface area contributed by atoms with Gasteiger partial charge in [0.15, 0.2) is 11.6 Å². The zero-order valence-electron chi connectivity index (χ0n) is 8.28. The Morgan fingerprint density at radius 3 is 2.07 bits per heavy atom. The predicted octanol–water partition coefficient (Wildman–Crippen LogP) is 2.49. The number of rotatable bonds is 3. The van der Waals surface area contributed by atoms with Gasteiger partial charge in [-0.25, -0.2) is 0 Å². The van der Waals surface area contributed by atoms with E-state index in [0.29, 0.717) is 5.56 Å². The van der Waals surface area contributed by atoms with E-state index in [1.165, 1.54) is 19.9 Å². The van der Waals surface area contributed by atoms with Gasteiger partial charge in [0.1, 0.15) is 0 Å². The van der Waals surface area contributed by atoms with Gasteiger partial charge in [0.2, 0.25) is 0 Å². The Morgan fingerprint density at radius 2 is 1.64 bits per heavy atom. The summed E-state index contributed by atoms with van der Waals surface area (Å²) in [5.74, 6) is 0.0627. The van der Waals surface area contributed by atoms with Crippen LogP contribution in [0.15, 0.2) is 30.3 Å². The monoisotopic (exact) mass is 188 g/mol. The van der Waals surface area contributed by atoms with Crippen molar-refractivity contribution < 1.29 is 9.59 Å². The summed E-state index contributed by atoms with van der Waals surface area (Å²) in [6.07, 6.45) is 3.23. The van der Waals surface area contributed by atoms with Crippen LogP contribution in [0.4, 0.5) is 0 Å². The van der Waals surface area contributed by atoms with Crippen molar-refractivity contribution in [3.05, 3.63) is 41.5 Å². The first-order chi connectivity index (χ1) is 6.59. The molecular weight excluding hydrogens is 176 g/mol. The number of carbonyl (C=O) groups is 2. The maximum Gasteiger partial charge on any atom is 0.159 e. The standard InChI is InChI=1S/C12H12O2/c1-9(13)3-4-11-5-7-12(8-6-11)10(2)14/h3-8H,1-2H3/b4-3-. The van der Waals surface area contributed by atoms with Crippen LogP contribution in [-0.2, 0) is 4.79 Å². The van der Waals surface area contributed by atoms with Crippen LogP contribution in [-0.4, -0.2) is 11.6 Å². The number of Topliss-reactive ketones (excluding diaryl/α,β-unsaturated/α-hetero) is 1. The van der Waals surface area contributed by atoms with E-state index in [0.717, 1.165) is 5.56 Å². The molecule has 14 heavy (non-hydrogen) atoms. The molecule has 0 fully saturated rings. The van der Waals surface area contributed by atoms with Gasteiger partial charge in [0.05, 0.1) is 0 Å². The van der Waals surface area contributed by atoms with Crippen molar-refractivity contribution in [1.29, 1.82) is 0 Å². The van der Waals surface area contributed by atoms with Crippen molar-refractivity contribution in [2.75, 3.05) is 0 Å². The SMILES string of the molecule is CC(=O)/C=C\c1ccc(C(C)=O)cc1. The van der Waals surface area contributed by atoms with Crippen molar-refractivity contribution in [3.63, 3.8) is 0 Å². The van der Waals surface area contributed by atoms with Crippen LogP contribution in [0.1, 0.15) is 29.8 Å². The second-order valence-electron chi connectivity index (χ2n) is 3.12. The van der Waals surface area contributed by atoms with E-state index in [-0.39, 0.29) is 11.6 Å². The minimum Gasteiger partial charge on any atom is -0.295 e. The molecule has 0 saturated carbocycles. The highest BCUT2D eigenvalue weighted by atomic mass is 16.1. The quantitative estimate of drug-likeness (QED) is 0.539. The molecule has 2 nitrogen and oxygen atoms in total. The summed E-state index contributed by atoms with van der Waals surface area (Å²) < 4.78 is 0. The highest BCUT2D eigenvalue weighted by molar-refractivity contribution is 5.94. The summed E-state index contributed by atoms with van der Waals surface area (Å²) in [5, 5.41) is 0. The molecule has 0 bridgehead atoms. The Labute approximate surface area is 83.3 Å². The third kappa shape index (κ3) is 2.98. The molecule has 1 aromatic rings. The molecule has 2 heteroatoms. The van der Waals surface area contributed by atoms with Gasteiger partial charge in [0.25, 0.3) is 0 Å². The van der Waals surface area contributed by atoms with Crippen LogP contribution in [0.25, 0.3) is 6.08 Å². The molecule has 0 unspecified atom stereocenters. The minimum atomic E-state index is 0.0145. The first kappa shape index (κ1) is 10.4. The number of benzene rings is 1. The minimum absolute atomic E-state index is 0.0145. The molecule has 0 aromatic heterocycles. The van der Waals surface area contributed by atoms with Crippen molar-refractivity contribution in [2.24, 2.45) is 0 Å². The lowest BCUT2D eigenvalue weighted by molar-refractivity contribution is -0.112. The summed E-state index contributed by atoms with van der Waals surface area (Å²) >= 11 is 0. The smallest absolute Gasteiger partial charge is 0.159 e. The highest BCUT2D eigenvalue weighted by Gasteiger charge is 1.96. The summed E-state index contributed by atoms with van der Waals surface area (Å²) in [4.78, 5) is 21.6. The van der Waals surface area contributed by atoms with Crippen molar-refractivity contribution in [1.82, 2.24) is 0 Å². The van der Waals surface area contributed by atoms with E-state index in [4.69, 9.17) is 0 Å². The topological polar surface area (TPSA) is 34.1 Å². The molecular formula is C12H12O2. The Kier molecular flexibility index (Phi) is 3.35. The summed E-state index contributed by atoms with van der Waals surface area (Å²) in [5.41, 5.74) is 1.61. The average Bonchev–Trinajstić information content (AvgIpc) is 2.15. The number of allylic oxidation sites excluding steroid dienone is 1. The molecule has 0 N–H and O–H groups in total. The lowest BCUT2D eigenvalue weighted by atomic mass is 10.1. The first-order valence-electron chi connectivity index (χ1n) is 4.39. The maximum atomic E-state index is 11.0. The molecule has 0 aliphatic carbocycles. The van der Waals surface area contributed by atoms with Crippen molar-refractivity contribution in [3.8, 4) is 0 Å². The second-order valence-corrected chi connectivity index (χ2v) is 3.12. The number of carbonyl (C=O) groups excluding carboxylic acids is 2. The first-order valence-corrected chi connectivity index (χ1v) is 4.39. The molecule has 0 saturated heterocycles. The summed E-state index contributed by atoms with van der Waals surface area (Å²) in [6.45, 7) is 3.03. The average molecular weight is 188 g/mol. The van der Waals surface area contributed by atoms with E-state index in [9.17, 15) is 9.59 Å². The number of ketones is 2. The predicted molar refractivity (Wildman–Crippen MR) is 56.2 cm³/mol. The van der Waals surface area contributed by atoms with Gasteiger partial charge >= 0.3 is 0 Å². The van der Waals surface area contributed by atoms with E-state index >= 15 is 0 Å². The molecule has 1 aromatic carbocycles. The van der Waals surface area contributed by atoms with Gasteiger partial charge in [-0.2, -0.15) is 0 Å². The van der Waals surface area contributed by atoms with E-state index in [1.807, 2.05) is 12.1 Å². The Bertz CT molecular complexity index is 372. The van der Waals surface area contributed by atoms with Gasteiger partial charge in [-0.15, -0.1) is 0 Å². The van der Waals surface area contributed by atoms with Crippen LogP contribution in [0.3, 0.4) is 0 Å². The largest absolute Gasteiger partial charge is 0.295 e. The highest BCUT2D eigenvalue weighted by Crippen LogP contribution is 2.06. The molecule has 72 valence electrons. The van der Waals surface area contributed by atoms with Crippen molar-refractivity contribution >= 4 is 17.6 Å². The van der Waals surface area contributed by atoms with Crippen LogP contribution >= 0.6 is 0 Å². The van der Waals surface area contributed by atoms with Crippen LogP contribution < -0.4 is 0 Å². The lowest BCUT2D eigenvalue weighted by Crippen LogP contribution is -1.90. The second kappa shape index (κ2) is 4.51. The lowest BCUT2D eigenvalue weighted by Gasteiger charge is -1.95. The molecule has 0 heterocycles. The van der Waals surface area contributed by atoms with E-state index < -0.39 is 0 Å². The van der Waals surface area contributed by atoms with Gasteiger partial charge in [0, 0.05) is 5.56 Å². The van der Waals surface area contributed by atoms with E-state index in [1.54, 1.807) is 18.2 Å². The van der Waals surface area contributed by atoms with Gasteiger partial charge in [-0.05, 0) is 25.5 Å². The number of hydrogen-bond acceptors (Lipinski definition) is 2. The zero-order chi connectivity index (χ0) is 10.6. The third-order valence-electron chi connectivity index (χ3n) is 1.83. The van der Waals surface area contributed by atoms with Gasteiger partial charge in [-0.3, -0.25) is 9.59 Å². The fourth-order valence-electron chi connectivity index (χ4n) is 1.04. The number of hydrogen-bond donors (Lipinski definition) is 0. The van der Waals surface area contributed by atoms with E-state index in [2.05, 4.69) is 0 Å². The Hall–Kier alpha value is -1.70. The maximum absolute atomic E-state index is 11.0. The Morgan fingerprint density at radius 1 is 1.07 bits per heavy atom. The molecule has 0 spiro atoms. The van der Waals surface area contributed by atoms with Gasteiger partial charge in [-0.1, -0.05) is 30.3 Å². The van der Waals surface area contributed by atoms with Crippen LogP contribution in [0.5, 0.6) is 0 Å². The molecule has 0 radical (unpaired) electrons. The summed E-state index contributed by atoms with van der Waals surface area (Å²) in [6, 6.07) is 7.14. The molecule has 0 atom stereocenters. The fourth-order valence-corrected chi connectivity index (χ4v) is 1.04. The third-order valence-corrected chi connectivity index (χ3v) is 1.83. The van der Waals surface area contributed by atoms with Crippen LogP contribution in [0.2, 0.25) is 0 Å². The van der Waals surface area contributed by atoms with Gasteiger partial charge < -0.3 is 0 Å². The molecule has 1 rings (SSSR count). The Balaban J connectivity index is 2.83. The van der Waals surface area contributed by atoms with Crippen molar-refractivity contribution in [2.45, 2.75) is 13.8 Å². The zero-order valence-corrected chi connectivity index (χ0v) is 8.28. The molecule has 0 aliphatic rings.